The number of nitrogen functional groups attached to an aromatic ring is 1. The third-order valence-electron chi connectivity index (χ3n) is 10.7. The molecule has 0 aliphatic carbocycles. The Labute approximate surface area is 284 Å². The van der Waals surface area contributed by atoms with Crippen LogP contribution in [0, 0.1) is 34.3 Å². The van der Waals surface area contributed by atoms with E-state index in [4.69, 9.17) is 27.1 Å². The van der Waals surface area contributed by atoms with E-state index in [1.54, 1.807) is 6.07 Å². The summed E-state index contributed by atoms with van der Waals surface area (Å²) in [4.78, 5) is 16.1. The molecule has 6 heterocycles. The molecule has 248 valence electrons. The van der Waals surface area contributed by atoms with Crippen LogP contribution in [0.15, 0.2) is 18.2 Å². The maximum Gasteiger partial charge on any atom is 0.319 e. The zero-order chi connectivity index (χ0) is 33.3. The van der Waals surface area contributed by atoms with Gasteiger partial charge in [0.25, 0.3) is 0 Å². The highest BCUT2D eigenvalue weighted by Crippen LogP contribution is 2.46. The molecule has 4 aromatic rings. The SMILES string of the molecule is N#CCCN1C2CCC1CN(c1nc(OC[C@@]34CCCN3C[C@H](F)C4)nc3c(F)c(-c4ccc(F)c5sc(N)c(C#N)c45)c(Cl)cc13)C2. The van der Waals surface area contributed by atoms with E-state index in [1.807, 2.05) is 6.07 Å². The summed E-state index contributed by atoms with van der Waals surface area (Å²) in [7, 11) is 0. The second-order valence-electron chi connectivity index (χ2n) is 13.3. The molecule has 14 heteroatoms. The molecule has 4 saturated heterocycles. The van der Waals surface area contributed by atoms with Crippen molar-refractivity contribution in [2.45, 2.75) is 62.3 Å². The molecule has 0 radical (unpaired) electrons. The van der Waals surface area contributed by atoms with Crippen LogP contribution >= 0.6 is 22.9 Å². The Morgan fingerprint density at radius 2 is 1.94 bits per heavy atom. The van der Waals surface area contributed by atoms with Crippen LogP contribution in [0.5, 0.6) is 6.01 Å². The molecule has 4 atom stereocenters. The fraction of sp³-hybridized carbons (Fsp3) is 0.471. The van der Waals surface area contributed by atoms with Crippen LogP contribution in [-0.4, -0.2) is 82.9 Å². The van der Waals surface area contributed by atoms with Gasteiger partial charge in [0.05, 0.1) is 26.9 Å². The summed E-state index contributed by atoms with van der Waals surface area (Å²) in [6.45, 7) is 3.27. The molecular formula is C34H32ClF3N8OS. The first kappa shape index (κ1) is 31.4. The van der Waals surface area contributed by atoms with Gasteiger partial charge in [0.15, 0.2) is 5.82 Å². The lowest BCUT2D eigenvalue weighted by molar-refractivity contribution is 0.107. The highest BCUT2D eigenvalue weighted by molar-refractivity contribution is 7.23. The average molecular weight is 693 g/mol. The summed E-state index contributed by atoms with van der Waals surface area (Å²) >= 11 is 7.80. The van der Waals surface area contributed by atoms with Crippen molar-refractivity contribution in [3.8, 4) is 29.3 Å². The molecule has 2 unspecified atom stereocenters. The number of thiophene rings is 1. The average Bonchev–Trinajstić information content (AvgIpc) is 3.77. The maximum absolute atomic E-state index is 17.0. The monoisotopic (exact) mass is 692 g/mol. The minimum Gasteiger partial charge on any atom is -0.461 e. The number of fused-ring (bicyclic) bond motifs is 5. The lowest BCUT2D eigenvalue weighted by Gasteiger charge is -2.41. The van der Waals surface area contributed by atoms with Gasteiger partial charge in [-0.1, -0.05) is 17.7 Å². The zero-order valence-corrected chi connectivity index (χ0v) is 27.6. The summed E-state index contributed by atoms with van der Waals surface area (Å²) in [6.07, 6.45) is 3.57. The number of anilines is 2. The Morgan fingerprint density at radius 1 is 1.15 bits per heavy atom. The van der Waals surface area contributed by atoms with E-state index in [-0.39, 0.29) is 67.0 Å². The number of rotatable bonds is 7. The summed E-state index contributed by atoms with van der Waals surface area (Å²) < 4.78 is 52.9. The maximum atomic E-state index is 17.0. The van der Waals surface area contributed by atoms with Crippen molar-refractivity contribution in [3.63, 3.8) is 0 Å². The van der Waals surface area contributed by atoms with Gasteiger partial charge in [-0.25, -0.2) is 13.2 Å². The molecule has 0 saturated carbocycles. The van der Waals surface area contributed by atoms with Crippen molar-refractivity contribution < 1.29 is 17.9 Å². The lowest BCUT2D eigenvalue weighted by atomic mass is 9.95. The number of halogens is 4. The fourth-order valence-electron chi connectivity index (χ4n) is 8.58. The molecule has 48 heavy (non-hydrogen) atoms. The zero-order valence-electron chi connectivity index (χ0n) is 26.0. The molecule has 0 amide bonds. The van der Waals surface area contributed by atoms with Gasteiger partial charge in [0.2, 0.25) is 0 Å². The topological polar surface area (TPSA) is 118 Å². The number of ether oxygens (including phenoxy) is 1. The number of hydrogen-bond donors (Lipinski definition) is 1. The minimum atomic E-state index is -0.936. The Morgan fingerprint density at radius 3 is 2.69 bits per heavy atom. The van der Waals surface area contributed by atoms with Crippen LogP contribution < -0.4 is 15.4 Å². The molecule has 2 bridgehead atoms. The van der Waals surface area contributed by atoms with Crippen LogP contribution in [0.3, 0.4) is 0 Å². The van der Waals surface area contributed by atoms with Crippen LogP contribution in [0.2, 0.25) is 5.02 Å². The molecule has 9 nitrogen and oxygen atoms in total. The molecule has 0 spiro atoms. The molecule has 4 aliphatic rings. The molecule has 2 N–H and O–H groups in total. The van der Waals surface area contributed by atoms with Gasteiger partial charge in [-0.2, -0.15) is 20.5 Å². The Kier molecular flexibility index (Phi) is 7.79. The summed E-state index contributed by atoms with van der Waals surface area (Å²) in [5, 5.41) is 19.8. The number of aromatic nitrogens is 2. The number of nitrogens with two attached hydrogens (primary N) is 1. The van der Waals surface area contributed by atoms with Gasteiger partial charge in [0.1, 0.15) is 41.0 Å². The van der Waals surface area contributed by atoms with Crippen molar-refractivity contribution in [1.29, 1.82) is 10.5 Å². The molecule has 4 fully saturated rings. The van der Waals surface area contributed by atoms with Gasteiger partial charge in [0, 0.05) is 67.4 Å². The van der Waals surface area contributed by atoms with E-state index >= 15 is 4.39 Å². The third-order valence-corrected chi connectivity index (χ3v) is 12.0. The number of hydrogen-bond acceptors (Lipinski definition) is 10. The van der Waals surface area contributed by atoms with Crippen molar-refractivity contribution in [3.05, 3.63) is 40.4 Å². The first-order valence-electron chi connectivity index (χ1n) is 16.2. The van der Waals surface area contributed by atoms with Gasteiger partial charge < -0.3 is 15.4 Å². The highest BCUT2D eigenvalue weighted by atomic mass is 35.5. The number of piperazine rings is 1. The first-order valence-corrected chi connectivity index (χ1v) is 17.4. The number of benzene rings is 2. The fourth-order valence-corrected chi connectivity index (χ4v) is 9.82. The number of nitrogens with zero attached hydrogens (tertiary/aromatic N) is 7. The Bertz CT molecular complexity index is 2030. The van der Waals surface area contributed by atoms with Crippen molar-refractivity contribution in [2.75, 3.05) is 50.0 Å². The second-order valence-corrected chi connectivity index (χ2v) is 14.8. The predicted octanol–water partition coefficient (Wildman–Crippen LogP) is 6.42. The number of alkyl halides is 1. The minimum absolute atomic E-state index is 0.0193. The first-order chi connectivity index (χ1) is 23.2. The largest absolute Gasteiger partial charge is 0.461 e. The van der Waals surface area contributed by atoms with Gasteiger partial charge >= 0.3 is 6.01 Å². The summed E-state index contributed by atoms with van der Waals surface area (Å²) in [5.74, 6) is -0.846. The molecule has 4 aliphatic heterocycles. The van der Waals surface area contributed by atoms with Crippen LogP contribution in [0.4, 0.5) is 24.0 Å². The van der Waals surface area contributed by atoms with Crippen molar-refractivity contribution in [1.82, 2.24) is 19.8 Å². The normalized spacial score (nSPS) is 25.5. The van der Waals surface area contributed by atoms with Gasteiger partial charge in [-0.05, 0) is 49.9 Å². The third kappa shape index (κ3) is 4.94. The molecule has 2 aromatic heterocycles. The van der Waals surface area contributed by atoms with E-state index in [9.17, 15) is 19.3 Å². The standard InChI is InChI=1S/C34H32ClF3N8OS/c35-24-11-22-29(28(38)27(24)21-5-6-25(37)30-26(21)23(13-40)31(41)48-30)42-33(47-17-34-7-1-9-45(34)14-18(36)12-34)43-32(22)44-15-19-3-4-20(16-44)46(19)10-2-8-39/h5-6,11,18-20H,1-4,7,9-10,12,14-17,41H2/t18-,19?,20?,34+/m1/s1. The van der Waals surface area contributed by atoms with E-state index in [0.717, 1.165) is 43.6 Å². The van der Waals surface area contributed by atoms with E-state index in [0.29, 0.717) is 50.2 Å². The molecule has 8 rings (SSSR count). The van der Waals surface area contributed by atoms with Crippen LogP contribution in [0.1, 0.15) is 44.1 Å². The van der Waals surface area contributed by atoms with E-state index in [1.165, 1.54) is 12.1 Å². The van der Waals surface area contributed by atoms with Crippen LogP contribution in [0.25, 0.3) is 32.1 Å². The predicted molar refractivity (Wildman–Crippen MR) is 179 cm³/mol. The van der Waals surface area contributed by atoms with Crippen molar-refractivity contribution >= 4 is 54.7 Å². The smallest absolute Gasteiger partial charge is 0.319 e. The lowest BCUT2D eigenvalue weighted by Crippen LogP contribution is -2.54. The summed E-state index contributed by atoms with van der Waals surface area (Å²) in [5.41, 5.74) is 5.85. The molecular weight excluding hydrogens is 661 g/mol. The molecule has 2 aromatic carbocycles. The quantitative estimate of drug-likeness (QED) is 0.234. The number of nitriles is 2. The second kappa shape index (κ2) is 11.9. The van der Waals surface area contributed by atoms with E-state index < -0.39 is 23.3 Å². The van der Waals surface area contributed by atoms with Gasteiger partial charge in [-0.3, -0.25) is 9.80 Å². The summed E-state index contributed by atoms with van der Waals surface area (Å²) in [6, 6.07) is 8.91. The highest BCUT2D eigenvalue weighted by Gasteiger charge is 2.49. The Balaban J connectivity index is 1.26. The van der Waals surface area contributed by atoms with E-state index in [2.05, 4.69) is 25.8 Å². The van der Waals surface area contributed by atoms with Crippen LogP contribution in [-0.2, 0) is 0 Å². The van der Waals surface area contributed by atoms with Gasteiger partial charge in [-0.15, -0.1) is 11.3 Å². The van der Waals surface area contributed by atoms with Crippen molar-refractivity contribution in [2.24, 2.45) is 0 Å². The Hall–Kier alpha value is -3.88.